The summed E-state index contributed by atoms with van der Waals surface area (Å²) in [6, 6.07) is 12.2. The van der Waals surface area contributed by atoms with Crippen LogP contribution in [0, 0.1) is 5.92 Å². The van der Waals surface area contributed by atoms with Crippen LogP contribution in [0.25, 0.3) is 0 Å². The molecule has 1 fully saturated rings. The molecule has 2 aromatic carbocycles. The van der Waals surface area contributed by atoms with Gasteiger partial charge in [0.15, 0.2) is 6.73 Å². The van der Waals surface area contributed by atoms with E-state index in [0.29, 0.717) is 17.9 Å². The SMILES string of the molecule is O=C(OCN1C(=O)c2ccccc2C1=O)C1CCCN(S(=O)(=O)c2ccc(Cl)cc2)C1. The standard InChI is InChI=1S/C21H19ClN2O6S/c22-15-7-9-16(10-8-15)31(28,29)23-11-3-4-14(12-23)21(27)30-13-24-19(25)17-5-1-2-6-18(17)20(24)26/h1-2,5-10,14H,3-4,11-13H2. The lowest BCUT2D eigenvalue weighted by molar-refractivity contribution is -0.152. The molecular formula is C21H19ClN2O6S. The summed E-state index contributed by atoms with van der Waals surface area (Å²) in [5.41, 5.74) is 0.530. The van der Waals surface area contributed by atoms with Gasteiger partial charge >= 0.3 is 5.97 Å². The number of hydrogen-bond acceptors (Lipinski definition) is 6. The van der Waals surface area contributed by atoms with Crippen LogP contribution in [0.4, 0.5) is 0 Å². The number of halogens is 1. The van der Waals surface area contributed by atoms with Crippen molar-refractivity contribution in [2.75, 3.05) is 19.8 Å². The average molecular weight is 463 g/mol. The average Bonchev–Trinajstić information content (AvgIpc) is 3.02. The van der Waals surface area contributed by atoms with Crippen LogP contribution in [0.3, 0.4) is 0 Å². The summed E-state index contributed by atoms with van der Waals surface area (Å²) >= 11 is 5.83. The molecule has 0 aliphatic carbocycles. The molecule has 0 N–H and O–H groups in total. The molecule has 8 nitrogen and oxygen atoms in total. The van der Waals surface area contributed by atoms with Crippen LogP contribution in [-0.4, -0.2) is 55.2 Å². The van der Waals surface area contributed by atoms with Gasteiger partial charge in [-0.05, 0) is 49.2 Å². The number of imide groups is 1. The van der Waals surface area contributed by atoms with Crippen molar-refractivity contribution < 1.29 is 27.5 Å². The Hall–Kier alpha value is -2.75. The zero-order chi connectivity index (χ0) is 22.2. The molecule has 0 radical (unpaired) electrons. The molecule has 2 heterocycles. The van der Waals surface area contributed by atoms with E-state index in [-0.39, 0.29) is 29.1 Å². The summed E-state index contributed by atoms with van der Waals surface area (Å²) in [7, 11) is -3.78. The van der Waals surface area contributed by atoms with Crippen molar-refractivity contribution in [2.45, 2.75) is 17.7 Å². The number of carbonyl (C=O) groups is 3. The number of ether oxygens (including phenoxy) is 1. The van der Waals surface area contributed by atoms with Gasteiger partial charge in [-0.25, -0.2) is 13.3 Å². The Bertz CT molecular complexity index is 1110. The molecule has 0 bridgehead atoms. The number of fused-ring (bicyclic) bond motifs is 1. The summed E-state index contributed by atoms with van der Waals surface area (Å²) in [4.78, 5) is 38.3. The third-order valence-corrected chi connectivity index (χ3v) is 7.51. The molecule has 31 heavy (non-hydrogen) atoms. The normalized spacial score (nSPS) is 19.4. The lowest BCUT2D eigenvalue weighted by Crippen LogP contribution is -2.43. The van der Waals surface area contributed by atoms with Crippen LogP contribution >= 0.6 is 11.6 Å². The van der Waals surface area contributed by atoms with E-state index in [2.05, 4.69) is 0 Å². The van der Waals surface area contributed by atoms with Crippen LogP contribution < -0.4 is 0 Å². The van der Waals surface area contributed by atoms with Crippen molar-refractivity contribution in [3.05, 3.63) is 64.7 Å². The second kappa shape index (κ2) is 8.41. The number of rotatable bonds is 5. The smallest absolute Gasteiger partial charge is 0.312 e. The van der Waals surface area contributed by atoms with E-state index in [1.54, 1.807) is 12.1 Å². The molecule has 1 unspecified atom stereocenters. The van der Waals surface area contributed by atoms with Crippen molar-refractivity contribution in [2.24, 2.45) is 5.92 Å². The van der Waals surface area contributed by atoms with Crippen molar-refractivity contribution in [1.29, 1.82) is 0 Å². The maximum absolute atomic E-state index is 12.9. The fraction of sp³-hybridized carbons (Fsp3) is 0.286. The van der Waals surface area contributed by atoms with E-state index in [9.17, 15) is 22.8 Å². The highest BCUT2D eigenvalue weighted by Crippen LogP contribution is 2.26. The Kier molecular flexibility index (Phi) is 5.83. The number of esters is 1. The zero-order valence-electron chi connectivity index (χ0n) is 16.4. The second-order valence-corrected chi connectivity index (χ2v) is 9.71. The molecule has 0 saturated carbocycles. The Labute approximate surface area is 184 Å². The van der Waals surface area contributed by atoms with E-state index < -0.39 is 40.5 Å². The molecule has 4 rings (SSSR count). The molecule has 0 spiro atoms. The van der Waals surface area contributed by atoms with Gasteiger partial charge in [-0.15, -0.1) is 0 Å². The van der Waals surface area contributed by atoms with Crippen LogP contribution in [0.5, 0.6) is 0 Å². The number of amides is 2. The Morgan fingerprint density at radius 3 is 2.26 bits per heavy atom. The van der Waals surface area contributed by atoms with Crippen molar-refractivity contribution >= 4 is 39.4 Å². The number of carbonyl (C=O) groups excluding carboxylic acids is 3. The van der Waals surface area contributed by atoms with E-state index in [4.69, 9.17) is 16.3 Å². The summed E-state index contributed by atoms with van der Waals surface area (Å²) < 4.78 is 32.2. The first-order valence-electron chi connectivity index (χ1n) is 9.66. The maximum atomic E-state index is 12.9. The molecule has 2 aliphatic heterocycles. The maximum Gasteiger partial charge on any atom is 0.312 e. The monoisotopic (exact) mass is 462 g/mol. The summed E-state index contributed by atoms with van der Waals surface area (Å²) in [5.74, 6) is -2.38. The first kappa shape index (κ1) is 21.5. The van der Waals surface area contributed by atoms with Gasteiger partial charge in [-0.3, -0.25) is 14.4 Å². The highest BCUT2D eigenvalue weighted by molar-refractivity contribution is 7.89. The first-order chi connectivity index (χ1) is 14.8. The van der Waals surface area contributed by atoms with Gasteiger partial charge in [-0.2, -0.15) is 4.31 Å². The first-order valence-corrected chi connectivity index (χ1v) is 11.5. The zero-order valence-corrected chi connectivity index (χ0v) is 17.9. The van der Waals surface area contributed by atoms with Gasteiger partial charge in [0.1, 0.15) is 0 Å². The van der Waals surface area contributed by atoms with E-state index in [1.807, 2.05) is 0 Å². The summed E-state index contributed by atoms with van der Waals surface area (Å²) in [6.07, 6.45) is 0.938. The number of sulfonamides is 1. The molecule has 2 aliphatic rings. The van der Waals surface area contributed by atoms with E-state index in [1.165, 1.54) is 40.7 Å². The predicted molar refractivity (Wildman–Crippen MR) is 111 cm³/mol. The molecule has 162 valence electrons. The van der Waals surface area contributed by atoms with Crippen molar-refractivity contribution in [3.63, 3.8) is 0 Å². The second-order valence-electron chi connectivity index (χ2n) is 7.33. The lowest BCUT2D eigenvalue weighted by atomic mass is 10.0. The quantitative estimate of drug-likeness (QED) is 0.500. The van der Waals surface area contributed by atoms with Crippen LogP contribution in [-0.2, 0) is 19.6 Å². The largest absolute Gasteiger partial charge is 0.443 e. The minimum absolute atomic E-state index is 0.0358. The summed E-state index contributed by atoms with van der Waals surface area (Å²) in [6.45, 7) is -0.259. The molecule has 1 saturated heterocycles. The molecular weight excluding hydrogens is 444 g/mol. The highest BCUT2D eigenvalue weighted by atomic mass is 35.5. The van der Waals surface area contributed by atoms with Gasteiger partial charge in [0.25, 0.3) is 11.8 Å². The van der Waals surface area contributed by atoms with Gasteiger partial charge in [0.2, 0.25) is 10.0 Å². The number of benzene rings is 2. The molecule has 1 atom stereocenters. The fourth-order valence-corrected chi connectivity index (χ4v) is 5.36. The minimum Gasteiger partial charge on any atom is -0.443 e. The van der Waals surface area contributed by atoms with Gasteiger partial charge < -0.3 is 4.74 Å². The third kappa shape index (κ3) is 4.08. The van der Waals surface area contributed by atoms with E-state index in [0.717, 1.165) is 4.90 Å². The predicted octanol–water partition coefficient (Wildman–Crippen LogP) is 2.54. The number of nitrogens with zero attached hydrogens (tertiary/aromatic N) is 2. The van der Waals surface area contributed by atoms with Crippen LogP contribution in [0.15, 0.2) is 53.4 Å². The Morgan fingerprint density at radius 1 is 1.03 bits per heavy atom. The van der Waals surface area contributed by atoms with Crippen LogP contribution in [0.1, 0.15) is 33.6 Å². The molecule has 0 aromatic heterocycles. The van der Waals surface area contributed by atoms with Crippen LogP contribution in [0.2, 0.25) is 5.02 Å². The highest BCUT2D eigenvalue weighted by Gasteiger charge is 2.38. The lowest BCUT2D eigenvalue weighted by Gasteiger charge is -2.31. The molecule has 2 aromatic rings. The van der Waals surface area contributed by atoms with E-state index >= 15 is 0 Å². The van der Waals surface area contributed by atoms with Crippen molar-refractivity contribution in [3.8, 4) is 0 Å². The Balaban J connectivity index is 1.40. The number of piperidine rings is 1. The Morgan fingerprint density at radius 2 is 1.65 bits per heavy atom. The third-order valence-electron chi connectivity index (χ3n) is 5.38. The fourth-order valence-electron chi connectivity index (χ4n) is 3.71. The van der Waals surface area contributed by atoms with Gasteiger partial charge in [0, 0.05) is 18.1 Å². The van der Waals surface area contributed by atoms with Gasteiger partial charge in [0.05, 0.1) is 21.9 Å². The minimum atomic E-state index is -3.78. The summed E-state index contributed by atoms with van der Waals surface area (Å²) in [5, 5.41) is 0.423. The number of hydrogen-bond donors (Lipinski definition) is 0. The molecule has 10 heteroatoms. The van der Waals surface area contributed by atoms with Crippen molar-refractivity contribution in [1.82, 2.24) is 9.21 Å². The topological polar surface area (TPSA) is 101 Å². The molecule has 2 amide bonds. The van der Waals surface area contributed by atoms with Gasteiger partial charge in [-0.1, -0.05) is 23.7 Å².